The van der Waals surface area contributed by atoms with Crippen LogP contribution in [-0.4, -0.2) is 34.8 Å². The van der Waals surface area contributed by atoms with Gasteiger partial charge in [-0.15, -0.1) is 0 Å². The van der Waals surface area contributed by atoms with Crippen LogP contribution in [0.4, 0.5) is 5.69 Å². The summed E-state index contributed by atoms with van der Waals surface area (Å²) in [6.07, 6.45) is 2.89. The molecule has 0 atom stereocenters. The van der Waals surface area contributed by atoms with E-state index in [1.807, 2.05) is 31.2 Å². The van der Waals surface area contributed by atoms with Crippen LogP contribution in [0.15, 0.2) is 42.5 Å². The highest BCUT2D eigenvalue weighted by Gasteiger charge is 2.21. The molecule has 5 nitrogen and oxygen atoms in total. The molecule has 0 saturated carbocycles. The van der Waals surface area contributed by atoms with Gasteiger partial charge in [0.25, 0.3) is 11.8 Å². The van der Waals surface area contributed by atoms with E-state index in [0.717, 1.165) is 43.6 Å². The van der Waals surface area contributed by atoms with Crippen molar-refractivity contribution < 1.29 is 9.59 Å². The van der Waals surface area contributed by atoms with Crippen LogP contribution in [0.1, 0.15) is 46.3 Å². The zero-order chi connectivity index (χ0) is 16.9. The van der Waals surface area contributed by atoms with Crippen molar-refractivity contribution in [2.75, 3.05) is 18.4 Å². The number of nitrogens with zero attached hydrogens (tertiary/aromatic N) is 2. The lowest BCUT2D eigenvalue weighted by atomic mass is 10.1. The third-order valence-electron chi connectivity index (χ3n) is 4.24. The number of carbonyl (C=O) groups excluding carboxylic acids is 2. The average molecular weight is 323 g/mol. The standard InChI is InChI=1S/C19H21N3O2/c1-2-14-8-3-4-9-15(14)21-18(23)16-10-7-11-17(20-16)19(24)22-12-5-6-13-22/h3-4,7-11H,2,5-6,12-13H2,1H3,(H,21,23). The molecule has 2 aromatic rings. The number of rotatable bonds is 4. The number of nitrogens with one attached hydrogen (secondary N) is 1. The molecule has 1 aromatic heterocycles. The largest absolute Gasteiger partial charge is 0.337 e. The van der Waals surface area contributed by atoms with E-state index in [-0.39, 0.29) is 17.5 Å². The Morgan fingerprint density at radius 2 is 1.75 bits per heavy atom. The third-order valence-corrected chi connectivity index (χ3v) is 4.24. The summed E-state index contributed by atoms with van der Waals surface area (Å²) in [6, 6.07) is 12.7. The van der Waals surface area contributed by atoms with E-state index in [2.05, 4.69) is 10.3 Å². The molecule has 1 fully saturated rings. The molecule has 5 heteroatoms. The van der Waals surface area contributed by atoms with E-state index in [9.17, 15) is 9.59 Å². The molecular formula is C19H21N3O2. The van der Waals surface area contributed by atoms with Gasteiger partial charge in [0.15, 0.2) is 0 Å². The number of hydrogen-bond donors (Lipinski definition) is 1. The minimum Gasteiger partial charge on any atom is -0.337 e. The van der Waals surface area contributed by atoms with Crippen LogP contribution in [0.25, 0.3) is 0 Å². The van der Waals surface area contributed by atoms with Crippen LogP contribution in [0, 0.1) is 0 Å². The lowest BCUT2D eigenvalue weighted by Crippen LogP contribution is -2.29. The molecule has 1 aliphatic rings. The lowest BCUT2D eigenvalue weighted by Gasteiger charge is -2.15. The number of hydrogen-bond acceptors (Lipinski definition) is 3. The third kappa shape index (κ3) is 3.45. The SMILES string of the molecule is CCc1ccccc1NC(=O)c1cccc(C(=O)N2CCCC2)n1. The Hall–Kier alpha value is -2.69. The quantitative estimate of drug-likeness (QED) is 0.940. The molecule has 1 saturated heterocycles. The number of aromatic nitrogens is 1. The van der Waals surface area contributed by atoms with E-state index in [1.54, 1.807) is 23.1 Å². The second-order valence-corrected chi connectivity index (χ2v) is 5.87. The summed E-state index contributed by atoms with van der Waals surface area (Å²) in [5, 5.41) is 2.89. The number of para-hydroxylation sites is 1. The second kappa shape index (κ2) is 7.25. The summed E-state index contributed by atoms with van der Waals surface area (Å²) in [5.74, 6) is -0.400. The summed E-state index contributed by atoms with van der Waals surface area (Å²) in [6.45, 7) is 3.57. The number of amides is 2. The van der Waals surface area contributed by atoms with Gasteiger partial charge < -0.3 is 10.2 Å². The molecule has 0 aliphatic carbocycles. The van der Waals surface area contributed by atoms with Crippen LogP contribution >= 0.6 is 0 Å². The first-order valence-corrected chi connectivity index (χ1v) is 8.34. The fourth-order valence-corrected chi connectivity index (χ4v) is 2.90. The zero-order valence-corrected chi connectivity index (χ0v) is 13.8. The first-order valence-electron chi connectivity index (χ1n) is 8.34. The molecule has 2 amide bonds. The Morgan fingerprint density at radius 1 is 1.04 bits per heavy atom. The van der Waals surface area contributed by atoms with Gasteiger partial charge in [-0.2, -0.15) is 0 Å². The molecule has 1 N–H and O–H groups in total. The zero-order valence-electron chi connectivity index (χ0n) is 13.8. The summed E-state index contributed by atoms with van der Waals surface area (Å²) in [4.78, 5) is 30.9. The summed E-state index contributed by atoms with van der Waals surface area (Å²) in [7, 11) is 0. The summed E-state index contributed by atoms with van der Waals surface area (Å²) in [5.41, 5.74) is 2.43. The van der Waals surface area contributed by atoms with Crippen molar-refractivity contribution in [2.24, 2.45) is 0 Å². The van der Waals surface area contributed by atoms with Gasteiger partial charge in [0, 0.05) is 18.8 Å². The van der Waals surface area contributed by atoms with Crippen LogP contribution < -0.4 is 5.32 Å². The molecule has 0 unspecified atom stereocenters. The van der Waals surface area contributed by atoms with Crippen molar-refractivity contribution in [1.82, 2.24) is 9.88 Å². The number of likely N-dealkylation sites (tertiary alicyclic amines) is 1. The van der Waals surface area contributed by atoms with Crippen molar-refractivity contribution in [3.05, 3.63) is 59.4 Å². The molecule has 1 aliphatic heterocycles. The molecule has 0 radical (unpaired) electrons. The Labute approximate surface area is 141 Å². The van der Waals surface area contributed by atoms with Gasteiger partial charge in [-0.05, 0) is 43.0 Å². The van der Waals surface area contributed by atoms with Crippen molar-refractivity contribution >= 4 is 17.5 Å². The molecule has 124 valence electrons. The molecule has 3 rings (SSSR count). The van der Waals surface area contributed by atoms with Gasteiger partial charge in [0.2, 0.25) is 0 Å². The molecule has 0 spiro atoms. The molecule has 0 bridgehead atoms. The van der Waals surface area contributed by atoms with Gasteiger partial charge in [-0.25, -0.2) is 4.98 Å². The van der Waals surface area contributed by atoms with Crippen molar-refractivity contribution in [3.63, 3.8) is 0 Å². The van der Waals surface area contributed by atoms with Gasteiger partial charge in [0.05, 0.1) is 0 Å². The first kappa shape index (κ1) is 16.2. The van der Waals surface area contributed by atoms with Gasteiger partial charge >= 0.3 is 0 Å². The molecule has 1 aromatic carbocycles. The predicted octanol–water partition coefficient (Wildman–Crippen LogP) is 3.13. The van der Waals surface area contributed by atoms with Crippen LogP contribution in [0.5, 0.6) is 0 Å². The first-order chi connectivity index (χ1) is 11.7. The summed E-state index contributed by atoms with van der Waals surface area (Å²) >= 11 is 0. The maximum absolute atomic E-state index is 12.5. The van der Waals surface area contributed by atoms with Crippen molar-refractivity contribution in [2.45, 2.75) is 26.2 Å². The highest BCUT2D eigenvalue weighted by Crippen LogP contribution is 2.17. The molecule has 2 heterocycles. The molecular weight excluding hydrogens is 302 g/mol. The molecule has 24 heavy (non-hydrogen) atoms. The lowest BCUT2D eigenvalue weighted by molar-refractivity contribution is 0.0787. The highest BCUT2D eigenvalue weighted by molar-refractivity contribution is 6.04. The minimum absolute atomic E-state index is 0.101. The van der Waals surface area contributed by atoms with E-state index in [4.69, 9.17) is 0 Å². The Bertz CT molecular complexity index is 752. The van der Waals surface area contributed by atoms with Crippen LogP contribution in [0.2, 0.25) is 0 Å². The second-order valence-electron chi connectivity index (χ2n) is 5.87. The van der Waals surface area contributed by atoms with Gasteiger partial charge in [0.1, 0.15) is 11.4 Å². The highest BCUT2D eigenvalue weighted by atomic mass is 16.2. The maximum Gasteiger partial charge on any atom is 0.274 e. The average Bonchev–Trinajstić information content (AvgIpc) is 3.16. The number of benzene rings is 1. The van der Waals surface area contributed by atoms with E-state index in [1.165, 1.54) is 0 Å². The number of anilines is 1. The van der Waals surface area contributed by atoms with E-state index >= 15 is 0 Å². The predicted molar refractivity (Wildman–Crippen MR) is 93.1 cm³/mol. The van der Waals surface area contributed by atoms with Crippen molar-refractivity contribution in [3.8, 4) is 0 Å². The minimum atomic E-state index is -0.299. The number of pyridine rings is 1. The summed E-state index contributed by atoms with van der Waals surface area (Å²) < 4.78 is 0. The normalized spacial score (nSPS) is 13.8. The monoisotopic (exact) mass is 323 g/mol. The maximum atomic E-state index is 12.5. The van der Waals surface area contributed by atoms with Crippen LogP contribution in [-0.2, 0) is 6.42 Å². The fourth-order valence-electron chi connectivity index (χ4n) is 2.90. The van der Waals surface area contributed by atoms with Crippen LogP contribution in [0.3, 0.4) is 0 Å². The smallest absolute Gasteiger partial charge is 0.274 e. The Balaban J connectivity index is 1.78. The Morgan fingerprint density at radius 3 is 2.50 bits per heavy atom. The van der Waals surface area contributed by atoms with Gasteiger partial charge in [-0.3, -0.25) is 9.59 Å². The van der Waals surface area contributed by atoms with E-state index < -0.39 is 0 Å². The van der Waals surface area contributed by atoms with Crippen molar-refractivity contribution in [1.29, 1.82) is 0 Å². The number of carbonyl (C=O) groups is 2. The van der Waals surface area contributed by atoms with E-state index in [0.29, 0.717) is 5.69 Å². The Kier molecular flexibility index (Phi) is 4.89. The topological polar surface area (TPSA) is 62.3 Å². The fraction of sp³-hybridized carbons (Fsp3) is 0.316. The van der Waals surface area contributed by atoms with Gasteiger partial charge in [-0.1, -0.05) is 31.2 Å². The number of aryl methyl sites for hydroxylation is 1.